The molecule has 0 aliphatic carbocycles. The van der Waals surface area contributed by atoms with Gasteiger partial charge in [-0.1, -0.05) is 0 Å². The summed E-state index contributed by atoms with van der Waals surface area (Å²) in [5.41, 5.74) is -0.974. The van der Waals surface area contributed by atoms with Gasteiger partial charge in [0.15, 0.2) is 0 Å². The van der Waals surface area contributed by atoms with Crippen molar-refractivity contribution >= 4 is 10.9 Å². The number of nitrogens with zero attached hydrogens (tertiary/aromatic N) is 2. The van der Waals surface area contributed by atoms with Crippen LogP contribution in [-0.4, -0.2) is 17.1 Å². The number of methoxy groups -OCH3 is 1. The van der Waals surface area contributed by atoms with Gasteiger partial charge in [-0.25, -0.2) is 4.98 Å². The predicted molar refractivity (Wildman–Crippen MR) is 52.4 cm³/mol. The lowest BCUT2D eigenvalue weighted by atomic mass is 10.1. The number of fused-ring (bicyclic) bond motifs is 1. The minimum Gasteiger partial charge on any atom is -0.479 e. The Hall–Kier alpha value is -2.23. The normalized spacial score (nSPS) is 11.5. The van der Waals surface area contributed by atoms with Crippen molar-refractivity contribution in [2.45, 2.75) is 6.18 Å². The van der Waals surface area contributed by atoms with E-state index in [0.717, 1.165) is 0 Å². The van der Waals surface area contributed by atoms with E-state index >= 15 is 0 Å². The molecule has 2 heterocycles. The molecule has 0 aliphatic heterocycles. The summed E-state index contributed by atoms with van der Waals surface area (Å²) < 4.78 is 43.1. The molecule has 17 heavy (non-hydrogen) atoms. The number of halogens is 3. The molecule has 4 nitrogen and oxygen atoms in total. The molecule has 0 aromatic carbocycles. The number of hydrogen-bond donors (Lipinski definition) is 1. The van der Waals surface area contributed by atoms with E-state index < -0.39 is 11.7 Å². The van der Waals surface area contributed by atoms with Gasteiger partial charge in [0.25, 0.3) is 0 Å². The largest absolute Gasteiger partial charge is 0.479 e. The highest BCUT2D eigenvalue weighted by molar-refractivity contribution is 5.92. The molecule has 88 valence electrons. The summed E-state index contributed by atoms with van der Waals surface area (Å²) in [4.78, 5) is 6.12. The third-order valence-electron chi connectivity index (χ3n) is 2.29. The van der Waals surface area contributed by atoms with Crippen LogP contribution in [0.2, 0.25) is 0 Å². The van der Waals surface area contributed by atoms with Crippen molar-refractivity contribution in [1.29, 1.82) is 5.26 Å². The number of aromatic nitrogens is 2. The van der Waals surface area contributed by atoms with Gasteiger partial charge < -0.3 is 9.72 Å². The summed E-state index contributed by atoms with van der Waals surface area (Å²) in [6, 6.07) is 1.70. The third kappa shape index (κ3) is 1.67. The van der Waals surface area contributed by atoms with E-state index in [2.05, 4.69) is 9.97 Å². The van der Waals surface area contributed by atoms with Crippen molar-refractivity contribution in [3.05, 3.63) is 23.5 Å². The van der Waals surface area contributed by atoms with Crippen molar-refractivity contribution in [2.24, 2.45) is 0 Å². The lowest BCUT2D eigenvalue weighted by Crippen LogP contribution is -2.07. The lowest BCUT2D eigenvalue weighted by molar-refractivity contribution is -0.136. The van der Waals surface area contributed by atoms with Gasteiger partial charge in [-0.15, -0.1) is 0 Å². The van der Waals surface area contributed by atoms with Crippen molar-refractivity contribution in [3.63, 3.8) is 0 Å². The van der Waals surface area contributed by atoms with Gasteiger partial charge in [0.1, 0.15) is 11.6 Å². The number of ether oxygens (including phenoxy) is 1. The van der Waals surface area contributed by atoms with Gasteiger partial charge in [0.05, 0.1) is 18.2 Å². The number of nitriles is 1. The van der Waals surface area contributed by atoms with E-state index in [4.69, 9.17) is 10.00 Å². The highest BCUT2D eigenvalue weighted by Gasteiger charge is 2.35. The number of aromatic amines is 1. The number of rotatable bonds is 1. The van der Waals surface area contributed by atoms with Crippen LogP contribution in [0.15, 0.2) is 12.4 Å². The smallest absolute Gasteiger partial charge is 0.418 e. The first-order chi connectivity index (χ1) is 7.99. The molecule has 0 saturated heterocycles. The summed E-state index contributed by atoms with van der Waals surface area (Å²) in [6.45, 7) is 0. The molecule has 0 fully saturated rings. The summed E-state index contributed by atoms with van der Waals surface area (Å²) in [5.74, 6) is 0.0227. The predicted octanol–water partition coefficient (Wildman–Crippen LogP) is 2.46. The molecule has 2 aromatic rings. The number of H-pyrrole nitrogens is 1. The third-order valence-corrected chi connectivity index (χ3v) is 2.29. The SMILES string of the molecule is COc1ncc(C(F)(F)F)c2c(C#N)c[nH]c12. The van der Waals surface area contributed by atoms with Gasteiger partial charge in [-0.05, 0) is 0 Å². The molecule has 0 aliphatic rings. The van der Waals surface area contributed by atoms with Crippen LogP contribution in [0.1, 0.15) is 11.1 Å². The molecule has 2 aromatic heterocycles. The van der Waals surface area contributed by atoms with Gasteiger partial charge >= 0.3 is 6.18 Å². The standard InChI is InChI=1S/C10H6F3N3O/c1-17-9-8-7(5(2-14)3-15-8)6(4-16-9)10(11,12)13/h3-4,15H,1H3. The average Bonchev–Trinajstić information content (AvgIpc) is 2.69. The first-order valence-corrected chi connectivity index (χ1v) is 4.50. The van der Waals surface area contributed by atoms with Crippen molar-refractivity contribution < 1.29 is 17.9 Å². The van der Waals surface area contributed by atoms with E-state index in [1.165, 1.54) is 13.3 Å². The molecular formula is C10H6F3N3O. The van der Waals surface area contributed by atoms with Crippen molar-refractivity contribution in [2.75, 3.05) is 7.11 Å². The van der Waals surface area contributed by atoms with Crippen LogP contribution >= 0.6 is 0 Å². The first-order valence-electron chi connectivity index (χ1n) is 4.50. The molecule has 0 unspecified atom stereocenters. The number of hydrogen-bond acceptors (Lipinski definition) is 3. The Morgan fingerprint density at radius 2 is 2.18 bits per heavy atom. The number of alkyl halides is 3. The zero-order valence-electron chi connectivity index (χ0n) is 8.59. The molecule has 7 heteroatoms. The highest BCUT2D eigenvalue weighted by atomic mass is 19.4. The van der Waals surface area contributed by atoms with Gasteiger partial charge in [0.2, 0.25) is 5.88 Å². The Kier molecular flexibility index (Phi) is 2.42. The van der Waals surface area contributed by atoms with Crippen LogP contribution < -0.4 is 4.74 Å². The maximum atomic E-state index is 12.7. The topological polar surface area (TPSA) is 61.7 Å². The molecular weight excluding hydrogens is 235 g/mol. The van der Waals surface area contributed by atoms with Crippen LogP contribution in [0.5, 0.6) is 5.88 Å². The molecule has 0 bridgehead atoms. The monoisotopic (exact) mass is 241 g/mol. The fourth-order valence-corrected chi connectivity index (χ4v) is 1.58. The van der Waals surface area contributed by atoms with Crippen LogP contribution in [0.25, 0.3) is 10.9 Å². The second-order valence-corrected chi connectivity index (χ2v) is 3.24. The zero-order valence-corrected chi connectivity index (χ0v) is 8.59. The average molecular weight is 241 g/mol. The molecule has 0 saturated carbocycles. The summed E-state index contributed by atoms with van der Waals surface area (Å²) in [7, 11) is 1.29. The van der Waals surface area contributed by atoms with Gasteiger partial charge in [-0.3, -0.25) is 0 Å². The van der Waals surface area contributed by atoms with Crippen molar-refractivity contribution in [1.82, 2.24) is 9.97 Å². The van der Waals surface area contributed by atoms with Crippen LogP contribution in [0.4, 0.5) is 13.2 Å². The molecule has 0 amide bonds. The maximum absolute atomic E-state index is 12.7. The Bertz CT molecular complexity index is 610. The quantitative estimate of drug-likeness (QED) is 0.834. The summed E-state index contributed by atoms with van der Waals surface area (Å²) >= 11 is 0. The highest BCUT2D eigenvalue weighted by Crippen LogP contribution is 2.38. The zero-order chi connectivity index (χ0) is 12.6. The van der Waals surface area contributed by atoms with E-state index in [1.54, 1.807) is 6.07 Å². The van der Waals surface area contributed by atoms with Crippen molar-refractivity contribution in [3.8, 4) is 11.9 Å². The minimum atomic E-state index is -4.56. The van der Waals surface area contributed by atoms with E-state index in [1.807, 2.05) is 0 Å². The van der Waals surface area contributed by atoms with Gasteiger partial charge in [-0.2, -0.15) is 18.4 Å². The minimum absolute atomic E-state index is 0.0227. The van der Waals surface area contributed by atoms with E-state index in [0.29, 0.717) is 6.20 Å². The molecule has 2 rings (SSSR count). The second-order valence-electron chi connectivity index (χ2n) is 3.24. The fraction of sp³-hybridized carbons (Fsp3) is 0.200. The Morgan fingerprint density at radius 3 is 2.71 bits per heavy atom. The lowest BCUT2D eigenvalue weighted by Gasteiger charge is -2.09. The fourth-order valence-electron chi connectivity index (χ4n) is 1.58. The van der Waals surface area contributed by atoms with E-state index in [-0.39, 0.29) is 22.3 Å². The Morgan fingerprint density at radius 1 is 1.47 bits per heavy atom. The van der Waals surface area contributed by atoms with Gasteiger partial charge in [0, 0.05) is 17.8 Å². The van der Waals surface area contributed by atoms with E-state index in [9.17, 15) is 13.2 Å². The van der Waals surface area contributed by atoms with Crippen LogP contribution in [-0.2, 0) is 6.18 Å². The Balaban J connectivity index is 2.88. The first kappa shape index (κ1) is 11.3. The molecule has 1 N–H and O–H groups in total. The summed E-state index contributed by atoms with van der Waals surface area (Å²) in [6.07, 6.45) is -2.70. The Labute approximate surface area is 93.6 Å². The van der Waals surface area contributed by atoms with Crippen LogP contribution in [0, 0.1) is 11.3 Å². The number of nitrogens with one attached hydrogen (secondary N) is 1. The second kappa shape index (κ2) is 3.66. The van der Waals surface area contributed by atoms with Crippen LogP contribution in [0.3, 0.4) is 0 Å². The maximum Gasteiger partial charge on any atom is 0.418 e. The molecule has 0 atom stereocenters. The molecule has 0 radical (unpaired) electrons. The molecule has 0 spiro atoms. The summed E-state index contributed by atoms with van der Waals surface area (Å²) in [5, 5.41) is 8.56. The number of pyridine rings is 1.